The van der Waals surface area contributed by atoms with Gasteiger partial charge < -0.3 is 19.7 Å². The number of ketones is 2. The lowest BCUT2D eigenvalue weighted by Crippen LogP contribution is -2.68. The van der Waals surface area contributed by atoms with Crippen LogP contribution in [0.1, 0.15) is 59.3 Å². The van der Waals surface area contributed by atoms with Crippen molar-refractivity contribution in [3.63, 3.8) is 0 Å². The van der Waals surface area contributed by atoms with Crippen LogP contribution >= 0.6 is 0 Å². The lowest BCUT2D eigenvalue weighted by atomic mass is 9.43. The number of rotatable bonds is 3. The van der Waals surface area contributed by atoms with Crippen molar-refractivity contribution in [3.05, 3.63) is 23.8 Å². The Morgan fingerprint density at radius 2 is 2.03 bits per heavy atom. The van der Waals surface area contributed by atoms with Gasteiger partial charge in [-0.3, -0.25) is 9.59 Å². The molecule has 4 fully saturated rings. The third kappa shape index (κ3) is 2.78. The van der Waals surface area contributed by atoms with Gasteiger partial charge in [0.15, 0.2) is 23.5 Å². The maximum Gasteiger partial charge on any atom is 0.179 e. The maximum atomic E-state index is 13.9. The summed E-state index contributed by atoms with van der Waals surface area (Å²) in [6, 6.07) is 0. The number of aliphatic hydroxyl groups is 2. The van der Waals surface area contributed by atoms with Gasteiger partial charge in [0, 0.05) is 16.7 Å². The Balaban J connectivity index is 1.53. The molecule has 0 aromatic heterocycles. The average molecular weight is 431 g/mol. The van der Waals surface area contributed by atoms with Crippen LogP contribution in [0.25, 0.3) is 0 Å². The number of allylic oxidation sites excluding steroid dienone is 4. The van der Waals surface area contributed by atoms with E-state index in [4.69, 9.17) is 9.47 Å². The minimum absolute atomic E-state index is 0.0140. The van der Waals surface area contributed by atoms with E-state index in [0.717, 1.165) is 24.8 Å². The van der Waals surface area contributed by atoms with E-state index in [2.05, 4.69) is 6.92 Å². The molecule has 0 aromatic rings. The average Bonchev–Trinajstić information content (AvgIpc) is 3.09. The molecular formula is C25H34O6. The zero-order valence-corrected chi connectivity index (χ0v) is 18.7. The van der Waals surface area contributed by atoms with E-state index in [1.165, 1.54) is 0 Å². The summed E-state index contributed by atoms with van der Waals surface area (Å²) in [5.41, 5.74) is -1.36. The first kappa shape index (κ1) is 21.5. The molecule has 5 aliphatic rings. The monoisotopic (exact) mass is 430 g/mol. The largest absolute Gasteiger partial charge is 0.393 e. The summed E-state index contributed by atoms with van der Waals surface area (Å²) >= 11 is 0. The Morgan fingerprint density at radius 3 is 2.74 bits per heavy atom. The molecule has 0 aromatic carbocycles. The summed E-state index contributed by atoms with van der Waals surface area (Å²) in [5, 5.41) is 21.7. The highest BCUT2D eigenvalue weighted by atomic mass is 16.7. The van der Waals surface area contributed by atoms with Gasteiger partial charge in [0.05, 0.1) is 18.8 Å². The Bertz CT molecular complexity index is 862. The van der Waals surface area contributed by atoms with Crippen LogP contribution in [0.2, 0.25) is 0 Å². The summed E-state index contributed by atoms with van der Waals surface area (Å²) in [7, 11) is 0. The van der Waals surface area contributed by atoms with Crippen molar-refractivity contribution in [2.75, 3.05) is 6.61 Å². The highest BCUT2D eigenvalue weighted by Gasteiger charge is 2.70. The quantitative estimate of drug-likeness (QED) is 0.715. The predicted molar refractivity (Wildman–Crippen MR) is 113 cm³/mol. The van der Waals surface area contributed by atoms with Gasteiger partial charge in [-0.05, 0) is 56.1 Å². The highest BCUT2D eigenvalue weighted by molar-refractivity contribution is 6.01. The van der Waals surface area contributed by atoms with E-state index in [9.17, 15) is 19.8 Å². The van der Waals surface area contributed by atoms with Crippen LogP contribution in [-0.4, -0.2) is 52.5 Å². The molecule has 0 amide bonds. The summed E-state index contributed by atoms with van der Waals surface area (Å²) < 4.78 is 12.3. The molecule has 1 aliphatic heterocycles. The van der Waals surface area contributed by atoms with E-state index in [1.807, 2.05) is 19.9 Å². The smallest absolute Gasteiger partial charge is 0.179 e. The third-order valence-electron chi connectivity index (χ3n) is 9.19. The van der Waals surface area contributed by atoms with E-state index in [-0.39, 0.29) is 34.7 Å². The van der Waals surface area contributed by atoms with Gasteiger partial charge in [-0.25, -0.2) is 0 Å². The molecule has 0 bridgehead atoms. The van der Waals surface area contributed by atoms with Gasteiger partial charge in [-0.2, -0.15) is 0 Å². The molecule has 0 radical (unpaired) electrons. The van der Waals surface area contributed by atoms with E-state index in [0.29, 0.717) is 19.3 Å². The van der Waals surface area contributed by atoms with Crippen molar-refractivity contribution in [3.8, 4) is 0 Å². The second kappa shape index (κ2) is 7.08. The lowest BCUT2D eigenvalue weighted by molar-refractivity contribution is -0.193. The number of Topliss-reactive ketones (excluding diaryl/α,β-unsaturated/α-hetero) is 1. The topological polar surface area (TPSA) is 93.1 Å². The fourth-order valence-corrected chi connectivity index (χ4v) is 7.73. The fourth-order valence-electron chi connectivity index (χ4n) is 7.73. The van der Waals surface area contributed by atoms with Crippen LogP contribution < -0.4 is 0 Å². The summed E-state index contributed by atoms with van der Waals surface area (Å²) in [4.78, 5) is 25.9. The maximum absolute atomic E-state index is 13.9. The van der Waals surface area contributed by atoms with E-state index in [1.54, 1.807) is 12.2 Å². The number of ether oxygens (including phenoxy) is 2. The molecule has 31 heavy (non-hydrogen) atoms. The fraction of sp³-hybridized carbons (Fsp3) is 0.760. The van der Waals surface area contributed by atoms with Crippen molar-refractivity contribution in [1.29, 1.82) is 0 Å². The van der Waals surface area contributed by atoms with Crippen LogP contribution in [0.5, 0.6) is 0 Å². The zero-order chi connectivity index (χ0) is 22.2. The Morgan fingerprint density at radius 1 is 1.26 bits per heavy atom. The SMILES string of the molecule is CCCC1O[C@@H]2C[C@H]3[C@@H]4CCC5=CC(=O)C=C[C@]5(C)[C@H]4[C@@H](O)C[C@]3(C)C(=O)[C@]2(CO)O1. The van der Waals surface area contributed by atoms with Crippen molar-refractivity contribution < 1.29 is 29.3 Å². The molecule has 1 unspecified atom stereocenters. The molecule has 2 N–H and O–H groups in total. The van der Waals surface area contributed by atoms with Crippen molar-refractivity contribution in [1.82, 2.24) is 0 Å². The highest BCUT2D eigenvalue weighted by Crippen LogP contribution is 2.64. The molecule has 1 heterocycles. The standard InChI is InChI=1S/C25H34O6/c1-4-5-20-30-19-11-17-16-7-6-14-10-15(27)8-9-23(14,2)21(16)18(28)12-24(17,3)22(29)25(19,13-26)31-20/h8-10,16-21,26,28H,4-7,11-13H2,1-3H3/t16-,17-,18-,19+,20?,21+,23-,24-,25+/m0/s1. The second-order valence-corrected chi connectivity index (χ2v) is 10.8. The molecule has 170 valence electrons. The number of fused-ring (bicyclic) bond motifs is 6. The van der Waals surface area contributed by atoms with Gasteiger partial charge in [0.1, 0.15) is 0 Å². The van der Waals surface area contributed by atoms with Crippen molar-refractivity contribution in [2.24, 2.45) is 28.6 Å². The van der Waals surface area contributed by atoms with Crippen molar-refractivity contribution in [2.45, 2.75) is 83.4 Å². The molecule has 0 spiro atoms. The number of carbonyl (C=O) groups excluding carboxylic acids is 2. The Labute approximate surface area is 183 Å². The third-order valence-corrected chi connectivity index (χ3v) is 9.19. The van der Waals surface area contributed by atoms with Crippen molar-refractivity contribution >= 4 is 11.6 Å². The molecule has 6 heteroatoms. The molecule has 3 saturated carbocycles. The molecule has 6 nitrogen and oxygen atoms in total. The van der Waals surface area contributed by atoms with Crippen LogP contribution in [-0.2, 0) is 19.1 Å². The molecule has 4 aliphatic carbocycles. The van der Waals surface area contributed by atoms with Crippen LogP contribution in [0, 0.1) is 28.6 Å². The van der Waals surface area contributed by atoms with Gasteiger partial charge in [0.25, 0.3) is 0 Å². The number of carbonyl (C=O) groups is 2. The summed E-state index contributed by atoms with van der Waals surface area (Å²) in [6.07, 6.45) is 7.94. The van der Waals surface area contributed by atoms with Gasteiger partial charge in [-0.1, -0.05) is 38.8 Å². The first-order chi connectivity index (χ1) is 14.7. The number of hydrogen-bond acceptors (Lipinski definition) is 6. The minimum Gasteiger partial charge on any atom is -0.393 e. The Kier molecular flexibility index (Phi) is 4.91. The lowest BCUT2D eigenvalue weighted by Gasteiger charge is -2.62. The second-order valence-electron chi connectivity index (χ2n) is 10.8. The van der Waals surface area contributed by atoms with Crippen LogP contribution in [0.3, 0.4) is 0 Å². The summed E-state index contributed by atoms with van der Waals surface area (Å²) in [6.45, 7) is 5.73. The van der Waals surface area contributed by atoms with Crippen LogP contribution in [0.4, 0.5) is 0 Å². The zero-order valence-electron chi connectivity index (χ0n) is 18.7. The normalized spacial score (nSPS) is 50.9. The van der Waals surface area contributed by atoms with E-state index < -0.39 is 36.1 Å². The molecular weight excluding hydrogens is 396 g/mol. The molecule has 1 saturated heterocycles. The number of aliphatic hydroxyl groups excluding tert-OH is 2. The predicted octanol–water partition coefficient (Wildman–Crippen LogP) is 2.72. The van der Waals surface area contributed by atoms with Gasteiger partial charge in [0.2, 0.25) is 0 Å². The molecule has 5 rings (SSSR count). The number of hydrogen-bond donors (Lipinski definition) is 2. The minimum atomic E-state index is -1.32. The first-order valence-corrected chi connectivity index (χ1v) is 11.8. The summed E-state index contributed by atoms with van der Waals surface area (Å²) in [5.74, 6) is 0.0496. The first-order valence-electron chi connectivity index (χ1n) is 11.8. The molecule has 9 atom stereocenters. The Hall–Kier alpha value is -1.34. The van der Waals surface area contributed by atoms with Crippen LogP contribution in [0.15, 0.2) is 23.8 Å². The van der Waals surface area contributed by atoms with E-state index >= 15 is 0 Å². The van der Waals surface area contributed by atoms with Gasteiger partial charge in [-0.15, -0.1) is 0 Å². The van der Waals surface area contributed by atoms with Gasteiger partial charge >= 0.3 is 0 Å².